The molecule has 2 heterocycles. The lowest BCUT2D eigenvalue weighted by molar-refractivity contribution is 0.292. The van der Waals surface area contributed by atoms with E-state index < -0.39 is 0 Å². The van der Waals surface area contributed by atoms with Gasteiger partial charge in [0.2, 0.25) is 5.88 Å². The van der Waals surface area contributed by atoms with Crippen molar-refractivity contribution in [3.05, 3.63) is 83.0 Å². The number of oxime groups is 1. The van der Waals surface area contributed by atoms with Crippen LogP contribution in [0.1, 0.15) is 22.4 Å². The normalized spacial score (nSPS) is 11.7. The molecule has 0 radical (unpaired) electrons. The molecule has 4 aromatic rings. The predicted octanol–water partition coefficient (Wildman–Crippen LogP) is 3.71. The van der Waals surface area contributed by atoms with Gasteiger partial charge in [0.1, 0.15) is 6.61 Å². The van der Waals surface area contributed by atoms with Gasteiger partial charge >= 0.3 is 0 Å². The first-order valence-corrected chi connectivity index (χ1v) is 9.19. The highest BCUT2D eigenvalue weighted by atomic mass is 16.5. The third-order valence-corrected chi connectivity index (χ3v) is 4.82. The summed E-state index contributed by atoms with van der Waals surface area (Å²) in [5, 5.41) is 17.8. The zero-order valence-electron chi connectivity index (χ0n) is 16.2. The van der Waals surface area contributed by atoms with Gasteiger partial charge in [0, 0.05) is 5.39 Å². The standard InChI is InChI=1S/C22H21N5O2/c1-14-8-6-7-9-16(14)13-29-22-19(20(23)26-28)12-18-15(2)25-27(21(18)24-22)17-10-4-3-5-11-17/h3-12,28H,13H2,1-2H3,(H2,23,26). The SMILES string of the molecule is Cc1ccccc1COc1nc2c(cc1/C(N)=N/O)c(C)nn2-c1ccccc1. The molecule has 29 heavy (non-hydrogen) atoms. The smallest absolute Gasteiger partial charge is 0.227 e. The van der Waals surface area contributed by atoms with Gasteiger partial charge in [-0.05, 0) is 43.2 Å². The molecule has 0 atom stereocenters. The van der Waals surface area contributed by atoms with Crippen molar-refractivity contribution in [2.24, 2.45) is 10.9 Å². The second kappa shape index (κ2) is 7.63. The van der Waals surface area contributed by atoms with Crippen molar-refractivity contribution in [2.45, 2.75) is 20.5 Å². The highest BCUT2D eigenvalue weighted by molar-refractivity contribution is 6.02. The summed E-state index contributed by atoms with van der Waals surface area (Å²) in [6.07, 6.45) is 0. The average molecular weight is 387 g/mol. The molecular formula is C22H21N5O2. The Morgan fingerprint density at radius 3 is 2.55 bits per heavy atom. The molecule has 0 unspecified atom stereocenters. The van der Waals surface area contributed by atoms with Crippen LogP contribution in [-0.4, -0.2) is 25.8 Å². The number of nitrogens with two attached hydrogens (primary N) is 1. The molecule has 3 N–H and O–H groups in total. The van der Waals surface area contributed by atoms with Crippen molar-refractivity contribution in [3.8, 4) is 11.6 Å². The van der Waals surface area contributed by atoms with E-state index in [0.717, 1.165) is 27.9 Å². The molecule has 0 saturated heterocycles. The lowest BCUT2D eigenvalue weighted by Gasteiger charge is -2.12. The highest BCUT2D eigenvalue weighted by Gasteiger charge is 2.18. The van der Waals surface area contributed by atoms with E-state index in [9.17, 15) is 5.21 Å². The van der Waals surface area contributed by atoms with Gasteiger partial charge in [-0.25, -0.2) is 4.68 Å². The quantitative estimate of drug-likeness (QED) is 0.235. The molecule has 7 nitrogen and oxygen atoms in total. The number of benzene rings is 2. The number of amidine groups is 1. The third kappa shape index (κ3) is 3.50. The van der Waals surface area contributed by atoms with Gasteiger partial charge in [-0.3, -0.25) is 0 Å². The minimum absolute atomic E-state index is 0.0638. The lowest BCUT2D eigenvalue weighted by Crippen LogP contribution is -2.16. The van der Waals surface area contributed by atoms with Crippen molar-refractivity contribution in [2.75, 3.05) is 0 Å². The average Bonchev–Trinajstić information content (AvgIpc) is 3.08. The summed E-state index contributed by atoms with van der Waals surface area (Å²) in [5.41, 5.74) is 10.8. The third-order valence-electron chi connectivity index (χ3n) is 4.82. The number of aromatic nitrogens is 3. The van der Waals surface area contributed by atoms with Gasteiger partial charge in [0.25, 0.3) is 0 Å². The van der Waals surface area contributed by atoms with Crippen LogP contribution in [0, 0.1) is 13.8 Å². The van der Waals surface area contributed by atoms with Gasteiger partial charge in [-0.1, -0.05) is 47.6 Å². The summed E-state index contributed by atoms with van der Waals surface area (Å²) in [4.78, 5) is 4.69. The van der Waals surface area contributed by atoms with Gasteiger partial charge in [0.05, 0.1) is 16.9 Å². The fraction of sp³-hybridized carbons (Fsp3) is 0.136. The van der Waals surface area contributed by atoms with Crippen LogP contribution < -0.4 is 10.5 Å². The summed E-state index contributed by atoms with van der Waals surface area (Å²) in [7, 11) is 0. The van der Waals surface area contributed by atoms with E-state index in [1.54, 1.807) is 10.7 Å². The van der Waals surface area contributed by atoms with Gasteiger partial charge < -0.3 is 15.7 Å². The van der Waals surface area contributed by atoms with E-state index in [-0.39, 0.29) is 11.7 Å². The number of hydrogen-bond acceptors (Lipinski definition) is 5. The van der Waals surface area contributed by atoms with E-state index in [4.69, 9.17) is 15.5 Å². The van der Waals surface area contributed by atoms with E-state index in [0.29, 0.717) is 17.8 Å². The van der Waals surface area contributed by atoms with Gasteiger partial charge in [0.15, 0.2) is 11.5 Å². The Bertz CT molecular complexity index is 1200. The topological polar surface area (TPSA) is 98.6 Å². The number of aryl methyl sites for hydroxylation is 2. The summed E-state index contributed by atoms with van der Waals surface area (Å²) in [6, 6.07) is 19.5. The largest absolute Gasteiger partial charge is 0.472 e. The Balaban J connectivity index is 1.84. The van der Waals surface area contributed by atoms with Crippen LogP contribution in [0.5, 0.6) is 5.88 Å². The Morgan fingerprint density at radius 1 is 1.10 bits per heavy atom. The van der Waals surface area contributed by atoms with Crippen LogP contribution in [0.25, 0.3) is 16.7 Å². The highest BCUT2D eigenvalue weighted by Crippen LogP contribution is 2.27. The molecular weight excluding hydrogens is 366 g/mol. The zero-order valence-corrected chi connectivity index (χ0v) is 16.2. The molecule has 0 spiro atoms. The summed E-state index contributed by atoms with van der Waals surface area (Å²) < 4.78 is 7.78. The molecule has 0 saturated carbocycles. The maximum Gasteiger partial charge on any atom is 0.227 e. The van der Waals surface area contributed by atoms with Crippen LogP contribution in [0.2, 0.25) is 0 Å². The fourth-order valence-corrected chi connectivity index (χ4v) is 3.18. The molecule has 0 aliphatic carbocycles. The van der Waals surface area contributed by atoms with Crippen molar-refractivity contribution >= 4 is 16.9 Å². The van der Waals surface area contributed by atoms with Crippen LogP contribution in [0.4, 0.5) is 0 Å². The maximum absolute atomic E-state index is 9.23. The van der Waals surface area contributed by atoms with Crippen LogP contribution >= 0.6 is 0 Å². The Hall–Kier alpha value is -3.87. The number of pyridine rings is 1. The molecule has 2 aromatic carbocycles. The van der Waals surface area contributed by atoms with Crippen LogP contribution in [-0.2, 0) is 6.61 Å². The van der Waals surface area contributed by atoms with E-state index >= 15 is 0 Å². The predicted molar refractivity (Wildman–Crippen MR) is 112 cm³/mol. The van der Waals surface area contributed by atoms with E-state index in [1.807, 2.05) is 68.4 Å². The van der Waals surface area contributed by atoms with Crippen molar-refractivity contribution in [1.29, 1.82) is 0 Å². The molecule has 2 aromatic heterocycles. The number of fused-ring (bicyclic) bond motifs is 1. The second-order valence-corrected chi connectivity index (χ2v) is 6.75. The van der Waals surface area contributed by atoms with Gasteiger partial charge in [-0.2, -0.15) is 10.1 Å². The second-order valence-electron chi connectivity index (χ2n) is 6.75. The molecule has 0 bridgehead atoms. The van der Waals surface area contributed by atoms with E-state index in [1.165, 1.54) is 0 Å². The molecule has 0 amide bonds. The number of hydrogen-bond donors (Lipinski definition) is 2. The first kappa shape index (κ1) is 18.5. The number of rotatable bonds is 5. The molecule has 0 aliphatic heterocycles. The van der Waals surface area contributed by atoms with Crippen LogP contribution in [0.3, 0.4) is 0 Å². The maximum atomic E-state index is 9.23. The summed E-state index contributed by atoms with van der Waals surface area (Å²) >= 11 is 0. The first-order chi connectivity index (χ1) is 14.1. The van der Waals surface area contributed by atoms with Gasteiger partial charge in [-0.15, -0.1) is 0 Å². The summed E-state index contributed by atoms with van der Waals surface area (Å²) in [5.74, 6) is 0.221. The molecule has 7 heteroatoms. The zero-order chi connectivity index (χ0) is 20.4. The van der Waals surface area contributed by atoms with Crippen molar-refractivity contribution < 1.29 is 9.94 Å². The molecule has 0 aliphatic rings. The first-order valence-electron chi connectivity index (χ1n) is 9.19. The lowest BCUT2D eigenvalue weighted by atomic mass is 10.1. The molecule has 4 rings (SSSR count). The minimum Gasteiger partial charge on any atom is -0.472 e. The Morgan fingerprint density at radius 2 is 1.83 bits per heavy atom. The van der Waals surface area contributed by atoms with Crippen LogP contribution in [0.15, 0.2) is 65.8 Å². The Kier molecular flexibility index (Phi) is 4.87. The fourth-order valence-electron chi connectivity index (χ4n) is 3.18. The number of nitrogens with zero attached hydrogens (tertiary/aromatic N) is 4. The molecule has 146 valence electrons. The number of ether oxygens (including phenoxy) is 1. The van der Waals surface area contributed by atoms with Crippen molar-refractivity contribution in [3.63, 3.8) is 0 Å². The summed E-state index contributed by atoms with van der Waals surface area (Å²) in [6.45, 7) is 4.23. The van der Waals surface area contributed by atoms with E-state index in [2.05, 4.69) is 10.3 Å². The Labute approximate surface area is 168 Å². The van der Waals surface area contributed by atoms with Crippen molar-refractivity contribution in [1.82, 2.24) is 14.8 Å². The monoisotopic (exact) mass is 387 g/mol. The molecule has 0 fully saturated rings. The minimum atomic E-state index is -0.0638. The number of para-hydroxylation sites is 1.